The van der Waals surface area contributed by atoms with Crippen LogP contribution < -0.4 is 5.73 Å². The van der Waals surface area contributed by atoms with Gasteiger partial charge in [-0.05, 0) is 37.3 Å². The van der Waals surface area contributed by atoms with E-state index < -0.39 is 0 Å². The fourth-order valence-electron chi connectivity index (χ4n) is 3.09. The molecule has 1 aliphatic heterocycles. The van der Waals surface area contributed by atoms with Crippen molar-refractivity contribution in [3.63, 3.8) is 0 Å². The molecule has 144 valence electrons. The summed E-state index contributed by atoms with van der Waals surface area (Å²) in [6.45, 7) is 3.48. The average Bonchev–Trinajstić information content (AvgIpc) is 3.05. The van der Waals surface area contributed by atoms with Crippen molar-refractivity contribution < 1.29 is 9.18 Å². The van der Waals surface area contributed by atoms with Gasteiger partial charge in [0.05, 0.1) is 5.01 Å². The second kappa shape index (κ2) is 10.2. The van der Waals surface area contributed by atoms with Gasteiger partial charge in [0.1, 0.15) is 11.5 Å². The van der Waals surface area contributed by atoms with Crippen LogP contribution in [0.3, 0.4) is 0 Å². The van der Waals surface area contributed by atoms with Crippen molar-refractivity contribution in [2.24, 2.45) is 11.7 Å². The number of carbonyl (C=O) groups excluding carboxylic acids is 1. The van der Waals surface area contributed by atoms with E-state index in [-0.39, 0.29) is 42.6 Å². The molecule has 1 aromatic heterocycles. The average molecular weight is 420 g/mol. The SMILES string of the molecule is CC(N)C1CCN(C(=O)c2csc(Cc3ccccc3F)n2)CC1.Cl.Cl. The van der Waals surface area contributed by atoms with Crippen LogP contribution in [-0.2, 0) is 6.42 Å². The number of hydrogen-bond acceptors (Lipinski definition) is 4. The quantitative estimate of drug-likeness (QED) is 0.816. The molecule has 3 rings (SSSR count). The molecule has 2 heterocycles. The number of carbonyl (C=O) groups is 1. The van der Waals surface area contributed by atoms with Crippen LogP contribution in [-0.4, -0.2) is 34.9 Å². The molecule has 0 radical (unpaired) electrons. The van der Waals surface area contributed by atoms with Gasteiger partial charge in [-0.15, -0.1) is 36.2 Å². The molecule has 1 aromatic carbocycles. The predicted octanol–water partition coefficient (Wildman–Crippen LogP) is 3.92. The van der Waals surface area contributed by atoms with Gasteiger partial charge in [0.25, 0.3) is 5.91 Å². The van der Waals surface area contributed by atoms with E-state index in [0.717, 1.165) is 30.9 Å². The Hall–Kier alpha value is -1.21. The lowest BCUT2D eigenvalue weighted by molar-refractivity contribution is 0.0675. The van der Waals surface area contributed by atoms with Gasteiger partial charge in [0.15, 0.2) is 0 Å². The molecular formula is C18H24Cl2FN3OS. The van der Waals surface area contributed by atoms with Crippen LogP contribution in [0, 0.1) is 11.7 Å². The molecular weight excluding hydrogens is 396 g/mol. The van der Waals surface area contributed by atoms with Crippen molar-refractivity contribution >= 4 is 42.1 Å². The largest absolute Gasteiger partial charge is 0.337 e. The maximum atomic E-state index is 13.7. The van der Waals surface area contributed by atoms with Crippen molar-refractivity contribution in [3.05, 3.63) is 51.7 Å². The van der Waals surface area contributed by atoms with Crippen LogP contribution in [0.4, 0.5) is 4.39 Å². The first-order chi connectivity index (χ1) is 11.5. The summed E-state index contributed by atoms with van der Waals surface area (Å²) in [6.07, 6.45) is 2.29. The Morgan fingerprint density at radius 1 is 1.35 bits per heavy atom. The maximum absolute atomic E-state index is 13.7. The van der Waals surface area contributed by atoms with Crippen molar-refractivity contribution in [2.75, 3.05) is 13.1 Å². The molecule has 0 bridgehead atoms. The number of likely N-dealkylation sites (tertiary alicyclic amines) is 1. The third kappa shape index (κ3) is 5.39. The molecule has 0 saturated carbocycles. The zero-order valence-electron chi connectivity index (χ0n) is 14.6. The Kier molecular flexibility index (Phi) is 8.96. The van der Waals surface area contributed by atoms with Gasteiger partial charge < -0.3 is 10.6 Å². The first-order valence-corrected chi connectivity index (χ1v) is 9.15. The Morgan fingerprint density at radius 3 is 2.62 bits per heavy atom. The van der Waals surface area contributed by atoms with Gasteiger partial charge in [-0.3, -0.25) is 4.79 Å². The van der Waals surface area contributed by atoms with Crippen LogP contribution in [0.15, 0.2) is 29.6 Å². The highest BCUT2D eigenvalue weighted by Crippen LogP contribution is 2.22. The molecule has 8 heteroatoms. The van der Waals surface area contributed by atoms with Gasteiger partial charge in [0, 0.05) is 30.9 Å². The number of rotatable bonds is 4. The summed E-state index contributed by atoms with van der Waals surface area (Å²) in [5.41, 5.74) is 7.01. The minimum Gasteiger partial charge on any atom is -0.337 e. The van der Waals surface area contributed by atoms with Crippen molar-refractivity contribution in [1.29, 1.82) is 0 Å². The summed E-state index contributed by atoms with van der Waals surface area (Å²) in [7, 11) is 0. The second-order valence-corrected chi connectivity index (χ2v) is 7.33. The smallest absolute Gasteiger partial charge is 0.273 e. The molecule has 26 heavy (non-hydrogen) atoms. The van der Waals surface area contributed by atoms with E-state index in [1.54, 1.807) is 23.6 Å². The molecule has 2 N–H and O–H groups in total. The highest BCUT2D eigenvalue weighted by Gasteiger charge is 2.26. The monoisotopic (exact) mass is 419 g/mol. The Bertz CT molecular complexity index is 718. The molecule has 2 aromatic rings. The van der Waals surface area contributed by atoms with Crippen LogP contribution in [0.2, 0.25) is 0 Å². The predicted molar refractivity (Wildman–Crippen MR) is 108 cm³/mol. The topological polar surface area (TPSA) is 59.2 Å². The number of halogens is 3. The fraction of sp³-hybridized carbons (Fsp3) is 0.444. The molecule has 1 aliphatic rings. The number of nitrogens with zero attached hydrogens (tertiary/aromatic N) is 2. The van der Waals surface area contributed by atoms with Gasteiger partial charge in [-0.25, -0.2) is 9.37 Å². The van der Waals surface area contributed by atoms with Crippen molar-refractivity contribution in [3.8, 4) is 0 Å². The maximum Gasteiger partial charge on any atom is 0.273 e. The van der Waals surface area contributed by atoms with Crippen LogP contribution in [0.5, 0.6) is 0 Å². The summed E-state index contributed by atoms with van der Waals surface area (Å²) in [5.74, 6) is 0.216. The molecule has 0 spiro atoms. The van der Waals surface area contributed by atoms with Gasteiger partial charge >= 0.3 is 0 Å². The lowest BCUT2D eigenvalue weighted by Crippen LogP contribution is -2.42. The second-order valence-electron chi connectivity index (χ2n) is 6.38. The third-order valence-corrected chi connectivity index (χ3v) is 5.49. The molecule has 1 fully saturated rings. The lowest BCUT2D eigenvalue weighted by Gasteiger charge is -2.33. The minimum absolute atomic E-state index is 0. The summed E-state index contributed by atoms with van der Waals surface area (Å²) in [4.78, 5) is 18.8. The molecule has 1 saturated heterocycles. The minimum atomic E-state index is -0.237. The van der Waals surface area contributed by atoms with E-state index in [9.17, 15) is 9.18 Å². The van der Waals surface area contributed by atoms with Gasteiger partial charge in [0.2, 0.25) is 0 Å². The number of aromatic nitrogens is 1. The molecule has 1 unspecified atom stereocenters. The summed E-state index contributed by atoms with van der Waals surface area (Å²) in [5, 5.41) is 2.53. The van der Waals surface area contributed by atoms with E-state index in [2.05, 4.69) is 4.98 Å². The summed E-state index contributed by atoms with van der Waals surface area (Å²) >= 11 is 1.41. The number of benzene rings is 1. The van der Waals surface area contributed by atoms with Crippen molar-refractivity contribution in [2.45, 2.75) is 32.2 Å². The molecule has 0 aliphatic carbocycles. The first-order valence-electron chi connectivity index (χ1n) is 8.27. The standard InChI is InChI=1S/C18H22FN3OS.2ClH/c1-12(20)13-6-8-22(9-7-13)18(23)16-11-24-17(21-16)10-14-4-2-3-5-15(14)19;;/h2-5,11-13H,6-10,20H2,1H3;2*1H. The number of thiazole rings is 1. The zero-order valence-corrected chi connectivity index (χ0v) is 17.0. The molecule has 1 atom stereocenters. The van der Waals surface area contributed by atoms with E-state index in [4.69, 9.17) is 5.73 Å². The van der Waals surface area contributed by atoms with E-state index in [1.165, 1.54) is 17.4 Å². The summed E-state index contributed by atoms with van der Waals surface area (Å²) in [6, 6.07) is 6.84. The molecule has 4 nitrogen and oxygen atoms in total. The van der Waals surface area contributed by atoms with E-state index >= 15 is 0 Å². The number of piperidine rings is 1. The van der Waals surface area contributed by atoms with Crippen LogP contribution in [0.1, 0.15) is 40.8 Å². The van der Waals surface area contributed by atoms with Gasteiger partial charge in [-0.1, -0.05) is 18.2 Å². The number of amides is 1. The Morgan fingerprint density at radius 2 is 2.00 bits per heavy atom. The zero-order chi connectivity index (χ0) is 17.1. The fourth-order valence-corrected chi connectivity index (χ4v) is 3.88. The highest BCUT2D eigenvalue weighted by molar-refractivity contribution is 7.09. The molecule has 1 amide bonds. The normalized spacial score (nSPS) is 15.7. The van der Waals surface area contributed by atoms with Crippen molar-refractivity contribution in [1.82, 2.24) is 9.88 Å². The van der Waals surface area contributed by atoms with Crippen LogP contribution in [0.25, 0.3) is 0 Å². The third-order valence-electron chi connectivity index (χ3n) is 4.64. The number of nitrogens with two attached hydrogens (primary N) is 1. The van der Waals surface area contributed by atoms with Gasteiger partial charge in [-0.2, -0.15) is 0 Å². The van der Waals surface area contributed by atoms with E-state index in [0.29, 0.717) is 23.6 Å². The Labute approximate surface area is 169 Å². The van der Waals surface area contributed by atoms with E-state index in [1.807, 2.05) is 11.8 Å². The lowest BCUT2D eigenvalue weighted by atomic mass is 9.91. The van der Waals surface area contributed by atoms with Crippen LogP contribution >= 0.6 is 36.2 Å². The number of hydrogen-bond donors (Lipinski definition) is 1. The summed E-state index contributed by atoms with van der Waals surface area (Å²) < 4.78 is 13.7. The first kappa shape index (κ1) is 22.8. The Balaban J connectivity index is 0.00000169. The highest BCUT2D eigenvalue weighted by atomic mass is 35.5.